The Balaban J connectivity index is 2.15. The summed E-state index contributed by atoms with van der Waals surface area (Å²) in [4.78, 5) is 11.5. The van der Waals surface area contributed by atoms with Crippen molar-refractivity contribution in [2.75, 3.05) is 0 Å². The number of rotatable bonds is 5. The van der Waals surface area contributed by atoms with Crippen molar-refractivity contribution in [3.05, 3.63) is 70.8 Å². The molecule has 0 saturated heterocycles. The molecule has 0 heterocycles. The fourth-order valence-corrected chi connectivity index (χ4v) is 2.62. The summed E-state index contributed by atoms with van der Waals surface area (Å²) in [7, 11) is 0. The molecule has 1 N–H and O–H groups in total. The molecule has 2 aromatic carbocycles. The second-order valence-electron chi connectivity index (χ2n) is 5.42. The molecule has 20 heavy (non-hydrogen) atoms. The van der Waals surface area contributed by atoms with Crippen LogP contribution in [-0.2, 0) is 17.6 Å². The number of aliphatic carboxylic acids is 1. The summed E-state index contributed by atoms with van der Waals surface area (Å²) in [5.74, 6) is -1.10. The highest BCUT2D eigenvalue weighted by Gasteiger charge is 2.18. The summed E-state index contributed by atoms with van der Waals surface area (Å²) in [6.45, 7) is 4.09. The lowest BCUT2D eigenvalue weighted by Crippen LogP contribution is -2.19. The minimum absolute atomic E-state index is 0.376. The molecular formula is C18H20O2. The molecule has 0 aliphatic heterocycles. The first-order valence-corrected chi connectivity index (χ1v) is 6.88. The molecule has 0 aliphatic rings. The topological polar surface area (TPSA) is 37.3 Å². The van der Waals surface area contributed by atoms with Gasteiger partial charge in [0.15, 0.2) is 0 Å². The molecule has 0 saturated carbocycles. The Bertz CT molecular complexity index is 567. The van der Waals surface area contributed by atoms with Crippen molar-refractivity contribution >= 4 is 5.97 Å². The van der Waals surface area contributed by atoms with Crippen LogP contribution in [-0.4, -0.2) is 11.1 Å². The summed E-state index contributed by atoms with van der Waals surface area (Å²) >= 11 is 0. The Morgan fingerprint density at radius 1 is 0.950 bits per heavy atom. The molecule has 0 radical (unpaired) electrons. The fourth-order valence-electron chi connectivity index (χ4n) is 2.62. The van der Waals surface area contributed by atoms with E-state index in [1.54, 1.807) is 0 Å². The van der Waals surface area contributed by atoms with E-state index in [0.717, 1.165) is 11.1 Å². The van der Waals surface area contributed by atoms with Crippen molar-refractivity contribution in [3.8, 4) is 0 Å². The molecule has 0 aromatic heterocycles. The van der Waals surface area contributed by atoms with Gasteiger partial charge in [-0.15, -0.1) is 0 Å². The SMILES string of the molecule is Cc1cc(C)cc(CC(Cc2ccccc2)C(=O)O)c1. The van der Waals surface area contributed by atoms with Gasteiger partial charge in [-0.25, -0.2) is 0 Å². The van der Waals surface area contributed by atoms with Gasteiger partial charge in [-0.3, -0.25) is 4.79 Å². The fraction of sp³-hybridized carbons (Fsp3) is 0.278. The van der Waals surface area contributed by atoms with E-state index in [4.69, 9.17) is 0 Å². The normalized spacial score (nSPS) is 12.1. The zero-order valence-electron chi connectivity index (χ0n) is 12.0. The monoisotopic (exact) mass is 268 g/mol. The number of hydrogen-bond acceptors (Lipinski definition) is 1. The van der Waals surface area contributed by atoms with Crippen molar-refractivity contribution in [2.24, 2.45) is 5.92 Å². The summed E-state index contributed by atoms with van der Waals surface area (Å²) in [6, 6.07) is 16.1. The van der Waals surface area contributed by atoms with Crippen LogP contribution in [0.1, 0.15) is 22.3 Å². The van der Waals surface area contributed by atoms with Gasteiger partial charge in [-0.2, -0.15) is 0 Å². The summed E-state index contributed by atoms with van der Waals surface area (Å²) < 4.78 is 0. The molecule has 104 valence electrons. The van der Waals surface area contributed by atoms with E-state index in [-0.39, 0.29) is 5.92 Å². The first-order chi connectivity index (χ1) is 9.54. The highest BCUT2D eigenvalue weighted by Crippen LogP contribution is 2.17. The van der Waals surface area contributed by atoms with E-state index < -0.39 is 5.97 Å². The number of aryl methyl sites for hydroxylation is 2. The van der Waals surface area contributed by atoms with Crippen molar-refractivity contribution in [3.63, 3.8) is 0 Å². The lowest BCUT2D eigenvalue weighted by Gasteiger charge is -2.13. The van der Waals surface area contributed by atoms with E-state index in [1.165, 1.54) is 11.1 Å². The maximum atomic E-state index is 11.5. The van der Waals surface area contributed by atoms with Crippen LogP contribution in [0.4, 0.5) is 0 Å². The average Bonchev–Trinajstić information content (AvgIpc) is 2.38. The zero-order valence-corrected chi connectivity index (χ0v) is 12.0. The molecular weight excluding hydrogens is 248 g/mol. The Morgan fingerprint density at radius 2 is 1.50 bits per heavy atom. The average molecular weight is 268 g/mol. The first-order valence-electron chi connectivity index (χ1n) is 6.88. The van der Waals surface area contributed by atoms with Crippen LogP contribution in [0.3, 0.4) is 0 Å². The highest BCUT2D eigenvalue weighted by molar-refractivity contribution is 5.71. The number of carbonyl (C=O) groups is 1. The van der Waals surface area contributed by atoms with E-state index in [9.17, 15) is 9.90 Å². The van der Waals surface area contributed by atoms with Gasteiger partial charge < -0.3 is 5.11 Å². The molecule has 0 fully saturated rings. The smallest absolute Gasteiger partial charge is 0.307 e. The van der Waals surface area contributed by atoms with Gasteiger partial charge in [0, 0.05) is 0 Å². The third kappa shape index (κ3) is 3.95. The molecule has 0 spiro atoms. The largest absolute Gasteiger partial charge is 0.481 e. The summed E-state index contributed by atoms with van der Waals surface area (Å²) in [5, 5.41) is 9.43. The molecule has 1 unspecified atom stereocenters. The number of carboxylic acid groups (broad SMARTS) is 1. The summed E-state index contributed by atoms with van der Waals surface area (Å²) in [5.41, 5.74) is 4.54. The molecule has 0 bridgehead atoms. The Hall–Kier alpha value is -2.09. The Labute approximate surface area is 120 Å². The van der Waals surface area contributed by atoms with E-state index >= 15 is 0 Å². The second-order valence-corrected chi connectivity index (χ2v) is 5.42. The van der Waals surface area contributed by atoms with Crippen molar-refractivity contribution in [1.82, 2.24) is 0 Å². The minimum atomic E-state index is -0.729. The van der Waals surface area contributed by atoms with Crippen LogP contribution in [0.25, 0.3) is 0 Å². The van der Waals surface area contributed by atoms with Gasteiger partial charge >= 0.3 is 5.97 Å². The van der Waals surface area contributed by atoms with Crippen LogP contribution >= 0.6 is 0 Å². The van der Waals surface area contributed by atoms with Gasteiger partial charge in [-0.1, -0.05) is 59.7 Å². The molecule has 1 atom stereocenters. The maximum absolute atomic E-state index is 11.5. The molecule has 2 aromatic rings. The van der Waals surface area contributed by atoms with Gasteiger partial charge in [0.1, 0.15) is 0 Å². The molecule has 2 rings (SSSR count). The number of carboxylic acids is 1. The predicted octanol–water partition coefficient (Wildman–Crippen LogP) is 3.79. The zero-order chi connectivity index (χ0) is 14.5. The molecule has 2 nitrogen and oxygen atoms in total. The van der Waals surface area contributed by atoms with E-state index in [0.29, 0.717) is 12.8 Å². The van der Waals surface area contributed by atoms with Crippen molar-refractivity contribution in [2.45, 2.75) is 26.7 Å². The molecule has 0 aliphatic carbocycles. The quantitative estimate of drug-likeness (QED) is 0.895. The van der Waals surface area contributed by atoms with Gasteiger partial charge in [-0.05, 0) is 37.8 Å². The van der Waals surface area contributed by atoms with E-state index in [2.05, 4.69) is 18.2 Å². The lowest BCUT2D eigenvalue weighted by atomic mass is 9.91. The number of hydrogen-bond donors (Lipinski definition) is 1. The predicted molar refractivity (Wildman–Crippen MR) is 80.9 cm³/mol. The van der Waals surface area contributed by atoms with Gasteiger partial charge in [0.25, 0.3) is 0 Å². The van der Waals surface area contributed by atoms with Crippen LogP contribution in [0.15, 0.2) is 48.5 Å². The third-order valence-corrected chi connectivity index (χ3v) is 3.44. The van der Waals surface area contributed by atoms with Gasteiger partial charge in [0.2, 0.25) is 0 Å². The Morgan fingerprint density at radius 3 is 2.05 bits per heavy atom. The standard InChI is InChI=1S/C18H20O2/c1-13-8-14(2)10-16(9-13)12-17(18(19)20)11-15-6-4-3-5-7-15/h3-10,17H,11-12H2,1-2H3,(H,19,20). The maximum Gasteiger partial charge on any atom is 0.307 e. The van der Waals surface area contributed by atoms with Crippen LogP contribution in [0.5, 0.6) is 0 Å². The van der Waals surface area contributed by atoms with Crippen molar-refractivity contribution in [1.29, 1.82) is 0 Å². The molecule has 0 amide bonds. The van der Waals surface area contributed by atoms with Crippen LogP contribution in [0.2, 0.25) is 0 Å². The number of benzene rings is 2. The first kappa shape index (κ1) is 14.3. The van der Waals surface area contributed by atoms with E-state index in [1.807, 2.05) is 44.2 Å². The Kier molecular flexibility index (Phi) is 4.57. The lowest BCUT2D eigenvalue weighted by molar-refractivity contribution is -0.141. The molecule has 2 heteroatoms. The minimum Gasteiger partial charge on any atom is -0.481 e. The van der Waals surface area contributed by atoms with Gasteiger partial charge in [0.05, 0.1) is 5.92 Å². The summed E-state index contributed by atoms with van der Waals surface area (Å²) in [6.07, 6.45) is 1.15. The van der Waals surface area contributed by atoms with Crippen LogP contribution in [0, 0.1) is 19.8 Å². The highest BCUT2D eigenvalue weighted by atomic mass is 16.4. The second kappa shape index (κ2) is 6.38. The van der Waals surface area contributed by atoms with Crippen LogP contribution < -0.4 is 0 Å². The third-order valence-electron chi connectivity index (χ3n) is 3.44. The van der Waals surface area contributed by atoms with Crippen molar-refractivity contribution < 1.29 is 9.90 Å².